The van der Waals surface area contributed by atoms with E-state index >= 15 is 0 Å². The van der Waals surface area contributed by atoms with Gasteiger partial charge in [-0.15, -0.1) is 0 Å². The number of hydrogen-bond donors (Lipinski definition) is 1. The van der Waals surface area contributed by atoms with E-state index in [1.807, 2.05) is 6.07 Å². The van der Waals surface area contributed by atoms with E-state index in [2.05, 4.69) is 11.9 Å². The molecule has 1 aromatic carbocycles. The molecule has 0 saturated carbocycles. The van der Waals surface area contributed by atoms with Crippen LogP contribution in [-0.4, -0.2) is 6.09 Å². The second-order valence-corrected chi connectivity index (χ2v) is 3.35. The van der Waals surface area contributed by atoms with Gasteiger partial charge >= 0.3 is 6.09 Å². The van der Waals surface area contributed by atoms with Gasteiger partial charge < -0.3 is 4.74 Å². The second kappa shape index (κ2) is 3.35. The van der Waals surface area contributed by atoms with Crippen molar-refractivity contribution in [1.82, 2.24) is 0 Å². The Balaban J connectivity index is 2.50. The molecule has 1 atom stereocenters. The van der Waals surface area contributed by atoms with E-state index in [1.54, 1.807) is 18.2 Å². The van der Waals surface area contributed by atoms with Gasteiger partial charge in [0.1, 0.15) is 6.10 Å². The summed E-state index contributed by atoms with van der Waals surface area (Å²) in [6, 6.07) is 5.25. The van der Waals surface area contributed by atoms with Gasteiger partial charge in [-0.2, -0.15) is 0 Å². The molecule has 1 N–H and O–H groups in total. The number of anilines is 1. The molecule has 3 nitrogen and oxygen atoms in total. The van der Waals surface area contributed by atoms with Crippen LogP contribution in [0, 0.1) is 0 Å². The van der Waals surface area contributed by atoms with E-state index in [0.717, 1.165) is 5.56 Å². The van der Waals surface area contributed by atoms with Crippen molar-refractivity contribution in [3.8, 4) is 0 Å². The van der Waals surface area contributed by atoms with Gasteiger partial charge in [0.25, 0.3) is 0 Å². The minimum absolute atomic E-state index is 0.393. The average Bonchev–Trinajstić information content (AvgIpc) is 2.15. The van der Waals surface area contributed by atoms with Crippen molar-refractivity contribution in [3.05, 3.63) is 41.4 Å². The highest BCUT2D eigenvalue weighted by atomic mass is 35.5. The number of hydrogen-bond acceptors (Lipinski definition) is 2. The molecular formula is C10H8ClNO2. The van der Waals surface area contributed by atoms with E-state index in [0.29, 0.717) is 10.7 Å². The summed E-state index contributed by atoms with van der Waals surface area (Å²) in [6.45, 7) is 3.60. The summed E-state index contributed by atoms with van der Waals surface area (Å²) >= 11 is 5.80. The number of carbonyl (C=O) groups is 1. The van der Waals surface area contributed by atoms with Gasteiger partial charge in [0.05, 0.1) is 5.69 Å². The van der Waals surface area contributed by atoms with Gasteiger partial charge in [-0.25, -0.2) is 4.79 Å². The highest BCUT2D eigenvalue weighted by molar-refractivity contribution is 6.31. The Bertz CT molecular complexity index is 403. The maximum atomic E-state index is 11.1. The van der Waals surface area contributed by atoms with Crippen molar-refractivity contribution in [3.63, 3.8) is 0 Å². The molecule has 0 radical (unpaired) electrons. The number of benzene rings is 1. The molecule has 0 aliphatic carbocycles. The Morgan fingerprint density at radius 3 is 3.07 bits per heavy atom. The fraction of sp³-hybridized carbons (Fsp3) is 0.100. The molecule has 0 fully saturated rings. The summed E-state index contributed by atoms with van der Waals surface area (Å²) < 4.78 is 4.99. The van der Waals surface area contributed by atoms with Gasteiger partial charge in [-0.05, 0) is 18.2 Å². The van der Waals surface area contributed by atoms with Crippen LogP contribution >= 0.6 is 11.6 Å². The first-order chi connectivity index (χ1) is 6.70. The quantitative estimate of drug-likeness (QED) is 0.722. The van der Waals surface area contributed by atoms with Gasteiger partial charge in [0.2, 0.25) is 0 Å². The van der Waals surface area contributed by atoms with Crippen LogP contribution in [-0.2, 0) is 4.74 Å². The van der Waals surface area contributed by atoms with Crippen molar-refractivity contribution in [2.45, 2.75) is 6.10 Å². The third kappa shape index (κ3) is 1.46. The standard InChI is InChI=1S/C10H8ClNO2/c1-2-9-7-4-3-6(11)5-8(7)12-10(13)14-9/h2-5,9H,1H2,(H,12,13). The van der Waals surface area contributed by atoms with Crippen molar-refractivity contribution in [2.75, 3.05) is 5.32 Å². The molecule has 4 heteroatoms. The molecular weight excluding hydrogens is 202 g/mol. The van der Waals surface area contributed by atoms with E-state index in [1.165, 1.54) is 0 Å². The summed E-state index contributed by atoms with van der Waals surface area (Å²) in [6.07, 6.45) is 0.701. The first kappa shape index (κ1) is 9.09. The van der Waals surface area contributed by atoms with E-state index in [-0.39, 0.29) is 0 Å². The zero-order valence-electron chi connectivity index (χ0n) is 7.29. The van der Waals surface area contributed by atoms with Crippen molar-refractivity contribution < 1.29 is 9.53 Å². The van der Waals surface area contributed by atoms with Crippen molar-refractivity contribution in [2.24, 2.45) is 0 Å². The minimum Gasteiger partial charge on any atom is -0.437 e. The lowest BCUT2D eigenvalue weighted by atomic mass is 10.1. The molecule has 14 heavy (non-hydrogen) atoms. The van der Waals surface area contributed by atoms with Crippen LogP contribution in [0.2, 0.25) is 5.02 Å². The molecule has 0 bridgehead atoms. The summed E-state index contributed by atoms with van der Waals surface area (Å²) in [5, 5.41) is 3.15. The van der Waals surface area contributed by atoms with Gasteiger partial charge in [-0.1, -0.05) is 24.2 Å². The Labute approximate surface area is 86.3 Å². The van der Waals surface area contributed by atoms with Crippen LogP contribution in [0.25, 0.3) is 0 Å². The molecule has 0 saturated heterocycles. The highest BCUT2D eigenvalue weighted by Crippen LogP contribution is 2.32. The van der Waals surface area contributed by atoms with Crippen LogP contribution in [0.5, 0.6) is 0 Å². The predicted molar refractivity (Wildman–Crippen MR) is 54.5 cm³/mol. The van der Waals surface area contributed by atoms with E-state index in [9.17, 15) is 4.79 Å². The van der Waals surface area contributed by atoms with E-state index < -0.39 is 12.2 Å². The molecule has 0 spiro atoms. The van der Waals surface area contributed by atoms with E-state index in [4.69, 9.17) is 16.3 Å². The van der Waals surface area contributed by atoms with Gasteiger partial charge in [0.15, 0.2) is 0 Å². The number of halogens is 1. The molecule has 2 rings (SSSR count). The Kier molecular flexibility index (Phi) is 2.17. The molecule has 0 aromatic heterocycles. The van der Waals surface area contributed by atoms with Crippen LogP contribution < -0.4 is 5.32 Å². The summed E-state index contributed by atoms with van der Waals surface area (Å²) in [5.74, 6) is 0. The first-order valence-corrected chi connectivity index (χ1v) is 4.48. The number of ether oxygens (including phenoxy) is 1. The molecule has 1 aliphatic heterocycles. The van der Waals surface area contributed by atoms with Crippen molar-refractivity contribution >= 4 is 23.4 Å². The fourth-order valence-electron chi connectivity index (χ4n) is 1.38. The lowest BCUT2D eigenvalue weighted by Gasteiger charge is -2.23. The third-order valence-corrected chi connectivity index (χ3v) is 2.24. The molecule has 1 unspecified atom stereocenters. The predicted octanol–water partition coefficient (Wildman–Crippen LogP) is 3.13. The summed E-state index contributed by atoms with van der Waals surface area (Å²) in [5.41, 5.74) is 1.54. The molecule has 1 aromatic rings. The summed E-state index contributed by atoms with van der Waals surface area (Å²) in [4.78, 5) is 11.1. The highest BCUT2D eigenvalue weighted by Gasteiger charge is 2.23. The lowest BCUT2D eigenvalue weighted by Crippen LogP contribution is -2.23. The normalized spacial score (nSPS) is 19.2. The zero-order chi connectivity index (χ0) is 10.1. The zero-order valence-corrected chi connectivity index (χ0v) is 8.04. The largest absolute Gasteiger partial charge is 0.437 e. The maximum absolute atomic E-state index is 11.1. The Hall–Kier alpha value is -1.48. The number of cyclic esters (lactones) is 1. The van der Waals surface area contributed by atoms with Crippen LogP contribution in [0.3, 0.4) is 0 Å². The molecule has 1 aliphatic rings. The molecule has 1 amide bonds. The van der Waals surface area contributed by atoms with Crippen LogP contribution in [0.4, 0.5) is 10.5 Å². The smallest absolute Gasteiger partial charge is 0.412 e. The first-order valence-electron chi connectivity index (χ1n) is 4.10. The summed E-state index contributed by atoms with van der Waals surface area (Å²) in [7, 11) is 0. The molecule has 72 valence electrons. The van der Waals surface area contributed by atoms with Gasteiger partial charge in [0, 0.05) is 10.6 Å². The third-order valence-electron chi connectivity index (χ3n) is 2.01. The number of amides is 1. The van der Waals surface area contributed by atoms with Gasteiger partial charge in [-0.3, -0.25) is 5.32 Å². The second-order valence-electron chi connectivity index (χ2n) is 2.92. The SMILES string of the molecule is C=CC1OC(=O)Nc2cc(Cl)ccc21. The minimum atomic E-state index is -0.482. The fourth-order valence-corrected chi connectivity index (χ4v) is 1.55. The Morgan fingerprint density at radius 2 is 2.36 bits per heavy atom. The average molecular weight is 210 g/mol. The number of nitrogens with one attached hydrogen (secondary N) is 1. The number of fused-ring (bicyclic) bond motifs is 1. The number of carbonyl (C=O) groups excluding carboxylic acids is 1. The topological polar surface area (TPSA) is 38.3 Å². The number of rotatable bonds is 1. The van der Waals surface area contributed by atoms with Crippen LogP contribution in [0.1, 0.15) is 11.7 Å². The lowest BCUT2D eigenvalue weighted by molar-refractivity contribution is 0.130. The maximum Gasteiger partial charge on any atom is 0.412 e. The Morgan fingerprint density at radius 1 is 1.57 bits per heavy atom. The monoisotopic (exact) mass is 209 g/mol. The van der Waals surface area contributed by atoms with Crippen LogP contribution in [0.15, 0.2) is 30.9 Å². The molecule has 1 heterocycles. The van der Waals surface area contributed by atoms with Crippen molar-refractivity contribution in [1.29, 1.82) is 0 Å².